The van der Waals surface area contributed by atoms with Gasteiger partial charge in [-0.05, 0) is 29.9 Å². The number of hydrogen-bond donors (Lipinski definition) is 0. The van der Waals surface area contributed by atoms with E-state index in [2.05, 4.69) is 26.8 Å². The molecule has 19 heavy (non-hydrogen) atoms. The first-order valence-electron chi connectivity index (χ1n) is 6.80. The maximum Gasteiger partial charge on any atom is 0.347 e. The number of ether oxygens (including phenoxy) is 2. The summed E-state index contributed by atoms with van der Waals surface area (Å²) in [5.74, 6) is 0.443. The number of esters is 1. The smallest absolute Gasteiger partial charge is 0.347 e. The molecule has 0 aromatic heterocycles. The van der Waals surface area contributed by atoms with Crippen LogP contribution < -0.4 is 4.74 Å². The third-order valence-corrected chi connectivity index (χ3v) is 3.60. The number of carbonyl (C=O) groups excluding carboxylic acids is 1. The summed E-state index contributed by atoms with van der Waals surface area (Å²) in [5.41, 5.74) is 1.14. The molecule has 1 rings (SSSR count). The van der Waals surface area contributed by atoms with Crippen molar-refractivity contribution in [1.29, 1.82) is 0 Å². The molecule has 0 bridgehead atoms. The lowest BCUT2D eigenvalue weighted by molar-refractivity contribution is -0.148. The zero-order valence-electron chi connectivity index (χ0n) is 12.5. The van der Waals surface area contributed by atoms with Gasteiger partial charge < -0.3 is 9.47 Å². The highest BCUT2D eigenvalue weighted by atomic mass is 16.6. The number of rotatable bonds is 6. The standard InChI is InChI=1S/C16H24O3/c1-6-13(15(17)18-5)19-14-11-9-8-10-12(14)16(3,4)7-2/h8-11,13H,6-7H2,1-5H3. The minimum absolute atomic E-state index is 0.0189. The first-order valence-corrected chi connectivity index (χ1v) is 6.80. The zero-order valence-corrected chi connectivity index (χ0v) is 12.5. The summed E-state index contributed by atoms with van der Waals surface area (Å²) in [7, 11) is 1.39. The molecule has 0 spiro atoms. The molecule has 3 heteroatoms. The van der Waals surface area contributed by atoms with Gasteiger partial charge in [-0.3, -0.25) is 0 Å². The summed E-state index contributed by atoms with van der Waals surface area (Å²) in [5, 5.41) is 0. The average Bonchev–Trinajstić information content (AvgIpc) is 2.44. The van der Waals surface area contributed by atoms with Gasteiger partial charge in [0.25, 0.3) is 0 Å². The molecule has 0 aliphatic heterocycles. The van der Waals surface area contributed by atoms with Crippen molar-refractivity contribution < 1.29 is 14.3 Å². The van der Waals surface area contributed by atoms with Gasteiger partial charge in [-0.1, -0.05) is 45.9 Å². The molecule has 1 aromatic rings. The molecular weight excluding hydrogens is 240 g/mol. The SMILES string of the molecule is CCC(Oc1ccccc1C(C)(C)CC)C(=O)OC. The van der Waals surface area contributed by atoms with E-state index < -0.39 is 6.10 Å². The fraction of sp³-hybridized carbons (Fsp3) is 0.562. The van der Waals surface area contributed by atoms with Gasteiger partial charge in [0.2, 0.25) is 0 Å². The van der Waals surface area contributed by atoms with Crippen molar-refractivity contribution in [3.63, 3.8) is 0 Å². The summed E-state index contributed by atoms with van der Waals surface area (Å²) in [6.07, 6.45) is 1.05. The van der Waals surface area contributed by atoms with Crippen LogP contribution in [0.15, 0.2) is 24.3 Å². The maximum atomic E-state index is 11.6. The molecule has 0 N–H and O–H groups in total. The molecule has 0 radical (unpaired) electrons. The Kier molecular flexibility index (Phi) is 5.40. The first-order chi connectivity index (χ1) is 8.96. The summed E-state index contributed by atoms with van der Waals surface area (Å²) in [6.45, 7) is 8.41. The number of benzene rings is 1. The molecule has 0 amide bonds. The second-order valence-corrected chi connectivity index (χ2v) is 5.27. The van der Waals surface area contributed by atoms with E-state index in [1.807, 2.05) is 25.1 Å². The van der Waals surface area contributed by atoms with Crippen molar-refractivity contribution in [3.05, 3.63) is 29.8 Å². The van der Waals surface area contributed by atoms with Crippen LogP contribution in [0.3, 0.4) is 0 Å². The minimum Gasteiger partial charge on any atom is -0.478 e. The monoisotopic (exact) mass is 264 g/mol. The minimum atomic E-state index is -0.543. The summed E-state index contributed by atoms with van der Waals surface area (Å²) in [4.78, 5) is 11.6. The molecular formula is C16H24O3. The van der Waals surface area contributed by atoms with E-state index in [0.717, 1.165) is 17.7 Å². The van der Waals surface area contributed by atoms with Crippen molar-refractivity contribution in [2.24, 2.45) is 0 Å². The Morgan fingerprint density at radius 3 is 2.42 bits per heavy atom. The third kappa shape index (κ3) is 3.72. The molecule has 0 saturated carbocycles. The fourth-order valence-corrected chi connectivity index (χ4v) is 1.90. The highest BCUT2D eigenvalue weighted by molar-refractivity contribution is 5.75. The Labute approximate surface area is 115 Å². The normalized spacial score (nSPS) is 12.9. The highest BCUT2D eigenvalue weighted by Crippen LogP contribution is 2.34. The van der Waals surface area contributed by atoms with E-state index in [1.54, 1.807) is 0 Å². The van der Waals surface area contributed by atoms with Crippen LogP contribution in [-0.4, -0.2) is 19.2 Å². The Hall–Kier alpha value is -1.51. The van der Waals surface area contributed by atoms with Crippen molar-refractivity contribution in [2.45, 2.75) is 52.1 Å². The quantitative estimate of drug-likeness (QED) is 0.735. The van der Waals surface area contributed by atoms with Gasteiger partial charge in [0.15, 0.2) is 6.10 Å². The predicted molar refractivity (Wildman–Crippen MR) is 76.5 cm³/mol. The van der Waals surface area contributed by atoms with Crippen molar-refractivity contribution in [3.8, 4) is 5.75 Å². The van der Waals surface area contributed by atoms with E-state index in [4.69, 9.17) is 9.47 Å². The fourth-order valence-electron chi connectivity index (χ4n) is 1.90. The molecule has 106 valence electrons. The Morgan fingerprint density at radius 1 is 1.26 bits per heavy atom. The van der Waals surface area contributed by atoms with E-state index in [0.29, 0.717) is 6.42 Å². The molecule has 0 aliphatic carbocycles. The lowest BCUT2D eigenvalue weighted by Gasteiger charge is -2.27. The molecule has 0 fully saturated rings. The van der Waals surface area contributed by atoms with Gasteiger partial charge in [0, 0.05) is 0 Å². The molecule has 0 aliphatic rings. The van der Waals surface area contributed by atoms with Crippen LogP contribution in [0, 0.1) is 0 Å². The van der Waals surface area contributed by atoms with E-state index in [1.165, 1.54) is 7.11 Å². The van der Waals surface area contributed by atoms with Crippen molar-refractivity contribution in [1.82, 2.24) is 0 Å². The van der Waals surface area contributed by atoms with Crippen LogP contribution in [0.5, 0.6) is 5.75 Å². The molecule has 1 atom stereocenters. The molecule has 3 nitrogen and oxygen atoms in total. The maximum absolute atomic E-state index is 11.6. The van der Waals surface area contributed by atoms with Gasteiger partial charge in [0.05, 0.1) is 7.11 Å². The second-order valence-electron chi connectivity index (χ2n) is 5.27. The molecule has 1 unspecified atom stereocenters. The topological polar surface area (TPSA) is 35.5 Å². The van der Waals surface area contributed by atoms with Gasteiger partial charge in [0.1, 0.15) is 5.75 Å². The van der Waals surface area contributed by atoms with Gasteiger partial charge in [-0.25, -0.2) is 4.79 Å². The number of methoxy groups -OCH3 is 1. The van der Waals surface area contributed by atoms with Crippen LogP contribution >= 0.6 is 0 Å². The Balaban J connectivity index is 3.04. The Bertz CT molecular complexity index is 424. The van der Waals surface area contributed by atoms with Crippen LogP contribution in [0.4, 0.5) is 0 Å². The van der Waals surface area contributed by atoms with E-state index >= 15 is 0 Å². The summed E-state index contributed by atoms with van der Waals surface area (Å²) >= 11 is 0. The lowest BCUT2D eigenvalue weighted by Crippen LogP contribution is -2.29. The highest BCUT2D eigenvalue weighted by Gasteiger charge is 2.25. The van der Waals surface area contributed by atoms with Gasteiger partial charge in [-0.15, -0.1) is 0 Å². The van der Waals surface area contributed by atoms with Gasteiger partial charge in [-0.2, -0.15) is 0 Å². The Morgan fingerprint density at radius 2 is 1.89 bits per heavy atom. The van der Waals surface area contributed by atoms with Crippen LogP contribution in [0.25, 0.3) is 0 Å². The van der Waals surface area contributed by atoms with Crippen molar-refractivity contribution >= 4 is 5.97 Å². The van der Waals surface area contributed by atoms with E-state index in [9.17, 15) is 4.79 Å². The molecule has 1 aromatic carbocycles. The second kappa shape index (κ2) is 6.60. The number of carbonyl (C=O) groups is 1. The van der Waals surface area contributed by atoms with Crippen LogP contribution in [0.1, 0.15) is 46.1 Å². The lowest BCUT2D eigenvalue weighted by atomic mass is 9.82. The third-order valence-electron chi connectivity index (χ3n) is 3.60. The molecule has 0 heterocycles. The first kappa shape index (κ1) is 15.5. The number of para-hydroxylation sites is 1. The molecule has 0 saturated heterocycles. The van der Waals surface area contributed by atoms with Gasteiger partial charge >= 0.3 is 5.97 Å². The van der Waals surface area contributed by atoms with Crippen LogP contribution in [0.2, 0.25) is 0 Å². The number of hydrogen-bond acceptors (Lipinski definition) is 3. The largest absolute Gasteiger partial charge is 0.478 e. The van der Waals surface area contributed by atoms with Crippen LogP contribution in [-0.2, 0) is 14.9 Å². The summed E-state index contributed by atoms with van der Waals surface area (Å²) in [6, 6.07) is 7.90. The average molecular weight is 264 g/mol. The van der Waals surface area contributed by atoms with Crippen molar-refractivity contribution in [2.75, 3.05) is 7.11 Å². The van der Waals surface area contributed by atoms with E-state index in [-0.39, 0.29) is 11.4 Å². The predicted octanol–water partition coefficient (Wildman–Crippen LogP) is 3.70. The summed E-state index contributed by atoms with van der Waals surface area (Å²) < 4.78 is 10.6. The zero-order chi connectivity index (χ0) is 14.5.